The van der Waals surface area contributed by atoms with Gasteiger partial charge in [0.05, 0.1) is 0 Å². The minimum Gasteiger partial charge on any atom is -0.348 e. The van der Waals surface area contributed by atoms with Crippen molar-refractivity contribution in [3.8, 4) is 0 Å². The predicted molar refractivity (Wildman–Crippen MR) is 73.1 cm³/mol. The summed E-state index contributed by atoms with van der Waals surface area (Å²) in [5, 5.41) is 2.96. The first-order valence-corrected chi connectivity index (χ1v) is 6.48. The van der Waals surface area contributed by atoms with Gasteiger partial charge in [-0.05, 0) is 37.3 Å². The molecule has 0 aliphatic carbocycles. The summed E-state index contributed by atoms with van der Waals surface area (Å²) in [5.74, 6) is 0.543. The topological polar surface area (TPSA) is 68.0 Å². The van der Waals surface area contributed by atoms with E-state index in [9.17, 15) is 4.79 Å². The fourth-order valence-electron chi connectivity index (χ4n) is 1.63. The van der Waals surface area contributed by atoms with Crippen molar-refractivity contribution in [1.29, 1.82) is 0 Å². The highest BCUT2D eigenvalue weighted by molar-refractivity contribution is 5.92. The molecule has 0 bridgehead atoms. The molecule has 1 atom stereocenters. The van der Waals surface area contributed by atoms with Gasteiger partial charge in [-0.15, -0.1) is 0 Å². The normalized spacial score (nSPS) is 12.5. The first kappa shape index (κ1) is 14.6. The molecule has 0 aliphatic heterocycles. The maximum Gasteiger partial charge on any atom is 0.270 e. The lowest BCUT2D eigenvalue weighted by Gasteiger charge is -2.14. The van der Waals surface area contributed by atoms with Gasteiger partial charge < -0.3 is 11.1 Å². The molecule has 0 saturated carbocycles. The molecule has 4 nitrogen and oxygen atoms in total. The van der Waals surface area contributed by atoms with Crippen LogP contribution in [0.2, 0.25) is 0 Å². The van der Waals surface area contributed by atoms with Gasteiger partial charge in [-0.1, -0.05) is 19.9 Å². The molecule has 1 rings (SSSR count). The predicted octanol–water partition coefficient (Wildman–Crippen LogP) is 2.09. The molecule has 3 N–H and O–H groups in total. The van der Waals surface area contributed by atoms with E-state index in [0.29, 0.717) is 18.2 Å². The summed E-state index contributed by atoms with van der Waals surface area (Å²) in [6.07, 6.45) is 3.75. The van der Waals surface area contributed by atoms with Gasteiger partial charge in [0.25, 0.3) is 5.91 Å². The SMILES string of the molecule is CC(C)CCC(C)NC(=O)c1ccc(CN)cn1. The van der Waals surface area contributed by atoms with Gasteiger partial charge >= 0.3 is 0 Å². The monoisotopic (exact) mass is 249 g/mol. The van der Waals surface area contributed by atoms with Crippen LogP contribution < -0.4 is 11.1 Å². The van der Waals surface area contributed by atoms with Crippen LogP contribution >= 0.6 is 0 Å². The van der Waals surface area contributed by atoms with Gasteiger partial charge in [-0.3, -0.25) is 9.78 Å². The molecule has 0 saturated heterocycles. The highest BCUT2D eigenvalue weighted by Gasteiger charge is 2.11. The smallest absolute Gasteiger partial charge is 0.270 e. The molecule has 1 aromatic heterocycles. The van der Waals surface area contributed by atoms with E-state index in [4.69, 9.17) is 5.73 Å². The molecule has 100 valence electrons. The summed E-state index contributed by atoms with van der Waals surface area (Å²) in [6.45, 7) is 6.83. The summed E-state index contributed by atoms with van der Waals surface area (Å²) in [4.78, 5) is 16.0. The number of hydrogen-bond acceptors (Lipinski definition) is 3. The van der Waals surface area contributed by atoms with Crippen molar-refractivity contribution in [2.75, 3.05) is 0 Å². The van der Waals surface area contributed by atoms with Crippen LogP contribution in [0.15, 0.2) is 18.3 Å². The number of carbonyl (C=O) groups is 1. The van der Waals surface area contributed by atoms with Crippen LogP contribution in [0.3, 0.4) is 0 Å². The highest BCUT2D eigenvalue weighted by Crippen LogP contribution is 2.07. The number of nitrogens with one attached hydrogen (secondary N) is 1. The third kappa shape index (κ3) is 4.84. The van der Waals surface area contributed by atoms with Crippen LogP contribution in [0.25, 0.3) is 0 Å². The molecule has 0 aliphatic rings. The Balaban J connectivity index is 2.48. The number of rotatable bonds is 6. The number of amides is 1. The fraction of sp³-hybridized carbons (Fsp3) is 0.571. The van der Waals surface area contributed by atoms with Gasteiger partial charge in [-0.2, -0.15) is 0 Å². The third-order valence-corrected chi connectivity index (χ3v) is 2.85. The summed E-state index contributed by atoms with van der Waals surface area (Å²) in [5.41, 5.74) is 6.86. The Kier molecular flexibility index (Phi) is 5.78. The average Bonchev–Trinajstić information content (AvgIpc) is 2.36. The van der Waals surface area contributed by atoms with E-state index in [-0.39, 0.29) is 11.9 Å². The first-order chi connectivity index (χ1) is 8.52. The minimum absolute atomic E-state index is 0.116. The average molecular weight is 249 g/mol. The molecule has 1 aromatic rings. The Morgan fingerprint density at radius 2 is 2.06 bits per heavy atom. The molecule has 1 heterocycles. The lowest BCUT2D eigenvalue weighted by molar-refractivity contribution is 0.0932. The van der Waals surface area contributed by atoms with Crippen LogP contribution in [0.5, 0.6) is 0 Å². The molecule has 0 aromatic carbocycles. The zero-order valence-electron chi connectivity index (χ0n) is 11.4. The maximum atomic E-state index is 11.9. The zero-order chi connectivity index (χ0) is 13.5. The van der Waals surface area contributed by atoms with E-state index in [2.05, 4.69) is 24.1 Å². The summed E-state index contributed by atoms with van der Waals surface area (Å²) >= 11 is 0. The number of aromatic nitrogens is 1. The largest absolute Gasteiger partial charge is 0.348 e. The Bertz CT molecular complexity index is 373. The standard InChI is InChI=1S/C14H23N3O/c1-10(2)4-5-11(3)17-14(18)13-7-6-12(8-15)9-16-13/h6-7,9-11H,4-5,8,15H2,1-3H3,(H,17,18). The molecule has 1 unspecified atom stereocenters. The Labute approximate surface area is 109 Å². The maximum absolute atomic E-state index is 11.9. The van der Waals surface area contributed by atoms with Crippen molar-refractivity contribution in [2.45, 2.75) is 46.2 Å². The number of pyridine rings is 1. The fourth-order valence-corrected chi connectivity index (χ4v) is 1.63. The Morgan fingerprint density at radius 3 is 2.56 bits per heavy atom. The second kappa shape index (κ2) is 7.11. The van der Waals surface area contributed by atoms with E-state index in [1.807, 2.05) is 13.0 Å². The van der Waals surface area contributed by atoms with E-state index in [1.54, 1.807) is 12.3 Å². The number of hydrogen-bond donors (Lipinski definition) is 2. The molecular weight excluding hydrogens is 226 g/mol. The van der Waals surface area contributed by atoms with E-state index in [1.165, 1.54) is 0 Å². The zero-order valence-corrected chi connectivity index (χ0v) is 11.4. The van der Waals surface area contributed by atoms with Crippen LogP contribution in [0.1, 0.15) is 49.7 Å². The summed E-state index contributed by atoms with van der Waals surface area (Å²) < 4.78 is 0. The van der Waals surface area contributed by atoms with Gasteiger partial charge in [0, 0.05) is 18.8 Å². The first-order valence-electron chi connectivity index (χ1n) is 6.48. The second-order valence-electron chi connectivity index (χ2n) is 5.10. The minimum atomic E-state index is -0.116. The van der Waals surface area contributed by atoms with Gasteiger partial charge in [0.1, 0.15) is 5.69 Å². The lowest BCUT2D eigenvalue weighted by Crippen LogP contribution is -2.33. The molecule has 1 amide bonds. The molecule has 0 radical (unpaired) electrons. The molecular formula is C14H23N3O. The van der Waals surface area contributed by atoms with Crippen LogP contribution in [-0.2, 0) is 6.54 Å². The van der Waals surface area contributed by atoms with Crippen LogP contribution in [-0.4, -0.2) is 16.9 Å². The third-order valence-electron chi connectivity index (χ3n) is 2.85. The number of carbonyl (C=O) groups excluding carboxylic acids is 1. The van der Waals surface area contributed by atoms with E-state index < -0.39 is 0 Å². The molecule has 18 heavy (non-hydrogen) atoms. The quantitative estimate of drug-likeness (QED) is 0.811. The van der Waals surface area contributed by atoms with Gasteiger partial charge in [0.15, 0.2) is 0 Å². The highest BCUT2D eigenvalue weighted by atomic mass is 16.1. The van der Waals surface area contributed by atoms with Crippen molar-refractivity contribution >= 4 is 5.91 Å². The molecule has 0 fully saturated rings. The van der Waals surface area contributed by atoms with Crippen molar-refractivity contribution < 1.29 is 4.79 Å². The Morgan fingerprint density at radius 1 is 1.33 bits per heavy atom. The van der Waals surface area contributed by atoms with Gasteiger partial charge in [0.2, 0.25) is 0 Å². The van der Waals surface area contributed by atoms with Crippen molar-refractivity contribution in [3.05, 3.63) is 29.6 Å². The summed E-state index contributed by atoms with van der Waals surface area (Å²) in [6, 6.07) is 3.73. The Hall–Kier alpha value is -1.42. The summed E-state index contributed by atoms with van der Waals surface area (Å²) in [7, 11) is 0. The second-order valence-corrected chi connectivity index (χ2v) is 5.10. The number of nitrogens with zero attached hydrogens (tertiary/aromatic N) is 1. The van der Waals surface area contributed by atoms with E-state index in [0.717, 1.165) is 18.4 Å². The van der Waals surface area contributed by atoms with Crippen molar-refractivity contribution in [1.82, 2.24) is 10.3 Å². The van der Waals surface area contributed by atoms with Crippen molar-refractivity contribution in [3.63, 3.8) is 0 Å². The van der Waals surface area contributed by atoms with E-state index >= 15 is 0 Å². The van der Waals surface area contributed by atoms with Crippen LogP contribution in [0, 0.1) is 5.92 Å². The lowest BCUT2D eigenvalue weighted by atomic mass is 10.0. The molecule has 4 heteroatoms. The number of nitrogens with two attached hydrogens (primary N) is 1. The molecule has 0 spiro atoms. The van der Waals surface area contributed by atoms with Gasteiger partial charge in [-0.25, -0.2) is 0 Å². The van der Waals surface area contributed by atoms with Crippen LogP contribution in [0.4, 0.5) is 0 Å². The van der Waals surface area contributed by atoms with Crippen molar-refractivity contribution in [2.24, 2.45) is 11.7 Å².